The highest BCUT2D eigenvalue weighted by atomic mass is 19.3. The van der Waals surface area contributed by atoms with Gasteiger partial charge >= 0.3 is 0 Å². The fourth-order valence-corrected chi connectivity index (χ4v) is 3.68. The van der Waals surface area contributed by atoms with E-state index in [0.29, 0.717) is 12.0 Å². The molecule has 20 heavy (non-hydrogen) atoms. The van der Waals surface area contributed by atoms with Crippen molar-refractivity contribution in [2.45, 2.75) is 57.5 Å². The third-order valence-electron chi connectivity index (χ3n) is 4.72. The van der Waals surface area contributed by atoms with Gasteiger partial charge in [-0.05, 0) is 43.9 Å². The van der Waals surface area contributed by atoms with Crippen molar-refractivity contribution in [3.63, 3.8) is 0 Å². The number of piperidine rings is 1. The smallest absolute Gasteiger partial charge is 0.250 e. The van der Waals surface area contributed by atoms with Crippen molar-refractivity contribution in [2.24, 2.45) is 11.8 Å². The van der Waals surface area contributed by atoms with Crippen LogP contribution in [0.1, 0.15) is 39.0 Å². The Kier molecular flexibility index (Phi) is 6.18. The van der Waals surface area contributed by atoms with Crippen LogP contribution in [0.15, 0.2) is 0 Å². The SMILES string of the molecule is CCC(C1CC1)N1CC(CCO)CC(NCC(F)F)C1. The Hall–Kier alpha value is -0.260. The van der Waals surface area contributed by atoms with E-state index in [4.69, 9.17) is 5.11 Å². The van der Waals surface area contributed by atoms with Crippen LogP contribution in [0.25, 0.3) is 0 Å². The summed E-state index contributed by atoms with van der Waals surface area (Å²) in [7, 11) is 0. The Balaban J connectivity index is 1.92. The van der Waals surface area contributed by atoms with Crippen LogP contribution in [0, 0.1) is 11.8 Å². The molecule has 1 aliphatic heterocycles. The van der Waals surface area contributed by atoms with E-state index in [1.807, 2.05) is 0 Å². The first-order valence-electron chi connectivity index (χ1n) is 8.00. The van der Waals surface area contributed by atoms with Gasteiger partial charge in [-0.25, -0.2) is 8.78 Å². The van der Waals surface area contributed by atoms with Crippen LogP contribution in [0.4, 0.5) is 8.78 Å². The van der Waals surface area contributed by atoms with Gasteiger partial charge in [0.25, 0.3) is 6.43 Å². The predicted molar refractivity (Wildman–Crippen MR) is 76.0 cm³/mol. The Morgan fingerprint density at radius 2 is 2.05 bits per heavy atom. The molecule has 0 radical (unpaired) electrons. The second-order valence-electron chi connectivity index (χ2n) is 6.38. The summed E-state index contributed by atoms with van der Waals surface area (Å²) in [5.41, 5.74) is 0. The number of alkyl halides is 2. The molecule has 3 nitrogen and oxygen atoms in total. The normalized spacial score (nSPS) is 29.9. The molecule has 0 spiro atoms. The lowest BCUT2D eigenvalue weighted by Crippen LogP contribution is -2.53. The van der Waals surface area contributed by atoms with Crippen molar-refractivity contribution in [1.82, 2.24) is 10.2 Å². The van der Waals surface area contributed by atoms with Gasteiger partial charge in [-0.3, -0.25) is 4.90 Å². The summed E-state index contributed by atoms with van der Waals surface area (Å²) < 4.78 is 24.8. The molecule has 0 aromatic carbocycles. The molecule has 1 saturated heterocycles. The van der Waals surface area contributed by atoms with Gasteiger partial charge in [0, 0.05) is 31.8 Å². The number of halogens is 2. The summed E-state index contributed by atoms with van der Waals surface area (Å²) in [5.74, 6) is 1.24. The third kappa shape index (κ3) is 4.64. The number of hydrogen-bond donors (Lipinski definition) is 2. The highest BCUT2D eigenvalue weighted by molar-refractivity contribution is 4.93. The minimum absolute atomic E-state index is 0.141. The predicted octanol–water partition coefficient (Wildman–Crippen LogP) is 2.10. The molecule has 1 heterocycles. The maximum atomic E-state index is 12.4. The Labute approximate surface area is 120 Å². The highest BCUT2D eigenvalue weighted by Crippen LogP contribution is 2.38. The molecular weight excluding hydrogens is 262 g/mol. The van der Waals surface area contributed by atoms with E-state index in [-0.39, 0.29) is 19.2 Å². The zero-order valence-corrected chi connectivity index (χ0v) is 12.4. The van der Waals surface area contributed by atoms with Crippen molar-refractivity contribution in [3.05, 3.63) is 0 Å². The Morgan fingerprint density at radius 1 is 1.30 bits per heavy atom. The van der Waals surface area contributed by atoms with Gasteiger partial charge in [0.2, 0.25) is 0 Å². The number of aliphatic hydroxyl groups is 1. The molecule has 0 aromatic heterocycles. The van der Waals surface area contributed by atoms with Crippen LogP contribution in [-0.2, 0) is 0 Å². The van der Waals surface area contributed by atoms with Gasteiger partial charge < -0.3 is 10.4 Å². The summed E-state index contributed by atoms with van der Waals surface area (Å²) in [6, 6.07) is 0.745. The van der Waals surface area contributed by atoms with Crippen LogP contribution < -0.4 is 5.32 Å². The number of rotatable bonds is 8. The largest absolute Gasteiger partial charge is 0.396 e. The van der Waals surface area contributed by atoms with Gasteiger partial charge in [-0.2, -0.15) is 0 Å². The molecule has 2 N–H and O–H groups in total. The molecule has 3 atom stereocenters. The number of hydrogen-bond acceptors (Lipinski definition) is 3. The minimum Gasteiger partial charge on any atom is -0.396 e. The Bertz CT molecular complexity index is 287. The van der Waals surface area contributed by atoms with E-state index in [1.165, 1.54) is 12.8 Å². The molecule has 2 fully saturated rings. The van der Waals surface area contributed by atoms with Crippen molar-refractivity contribution >= 4 is 0 Å². The van der Waals surface area contributed by atoms with Crippen molar-refractivity contribution in [1.29, 1.82) is 0 Å². The second kappa shape index (κ2) is 7.66. The maximum Gasteiger partial charge on any atom is 0.250 e. The number of nitrogens with zero attached hydrogens (tertiary/aromatic N) is 1. The van der Waals surface area contributed by atoms with E-state index in [9.17, 15) is 8.78 Å². The van der Waals surface area contributed by atoms with Crippen LogP contribution in [-0.4, -0.2) is 54.8 Å². The van der Waals surface area contributed by atoms with Gasteiger partial charge in [0.15, 0.2) is 0 Å². The average molecular weight is 290 g/mol. The Morgan fingerprint density at radius 3 is 2.60 bits per heavy atom. The van der Waals surface area contributed by atoms with Crippen molar-refractivity contribution < 1.29 is 13.9 Å². The lowest BCUT2D eigenvalue weighted by Gasteiger charge is -2.42. The molecule has 1 aliphatic carbocycles. The molecule has 0 aromatic rings. The summed E-state index contributed by atoms with van der Waals surface area (Å²) in [5, 5.41) is 12.2. The van der Waals surface area contributed by atoms with Gasteiger partial charge in [0.1, 0.15) is 0 Å². The van der Waals surface area contributed by atoms with Gasteiger partial charge in [-0.15, -0.1) is 0 Å². The van der Waals surface area contributed by atoms with Crippen molar-refractivity contribution in [2.75, 3.05) is 26.2 Å². The third-order valence-corrected chi connectivity index (χ3v) is 4.72. The summed E-state index contributed by atoms with van der Waals surface area (Å²) >= 11 is 0. The van der Waals surface area contributed by atoms with Gasteiger partial charge in [-0.1, -0.05) is 6.92 Å². The molecule has 118 valence electrons. The first-order chi connectivity index (χ1) is 9.63. The number of aliphatic hydroxyl groups excluding tert-OH is 1. The van der Waals surface area contributed by atoms with Crippen LogP contribution in [0.5, 0.6) is 0 Å². The van der Waals surface area contributed by atoms with Crippen LogP contribution in [0.2, 0.25) is 0 Å². The quantitative estimate of drug-likeness (QED) is 0.718. The first kappa shape index (κ1) is 16.1. The van der Waals surface area contributed by atoms with E-state index < -0.39 is 6.43 Å². The molecule has 1 saturated carbocycles. The zero-order valence-electron chi connectivity index (χ0n) is 12.4. The van der Waals surface area contributed by atoms with E-state index >= 15 is 0 Å². The molecule has 2 aliphatic rings. The van der Waals surface area contributed by atoms with Crippen LogP contribution >= 0.6 is 0 Å². The highest BCUT2D eigenvalue weighted by Gasteiger charge is 2.38. The molecule has 0 bridgehead atoms. The molecule has 0 amide bonds. The number of likely N-dealkylation sites (tertiary alicyclic amines) is 1. The summed E-state index contributed by atoms with van der Waals surface area (Å²) in [4.78, 5) is 2.49. The standard InChI is InChI=1S/C15H28F2N2O/c1-2-14(12-3-4-12)19-9-11(5-6-20)7-13(10-19)18-8-15(16)17/h11-15,18,20H,2-10H2,1H3. The minimum atomic E-state index is -2.29. The molecule has 5 heteroatoms. The second-order valence-corrected chi connectivity index (χ2v) is 6.38. The van der Waals surface area contributed by atoms with Crippen LogP contribution in [0.3, 0.4) is 0 Å². The zero-order chi connectivity index (χ0) is 14.5. The molecular formula is C15H28F2N2O. The van der Waals surface area contributed by atoms with Crippen molar-refractivity contribution in [3.8, 4) is 0 Å². The lowest BCUT2D eigenvalue weighted by atomic mass is 9.89. The fraction of sp³-hybridized carbons (Fsp3) is 1.00. The fourth-order valence-electron chi connectivity index (χ4n) is 3.68. The average Bonchev–Trinajstić information content (AvgIpc) is 3.22. The van der Waals surface area contributed by atoms with E-state index in [2.05, 4.69) is 17.1 Å². The first-order valence-corrected chi connectivity index (χ1v) is 8.00. The molecule has 2 rings (SSSR count). The monoisotopic (exact) mass is 290 g/mol. The maximum absolute atomic E-state index is 12.4. The summed E-state index contributed by atoms with van der Waals surface area (Å²) in [6.45, 7) is 4.09. The lowest BCUT2D eigenvalue weighted by molar-refractivity contribution is 0.0643. The summed E-state index contributed by atoms with van der Waals surface area (Å²) in [6.07, 6.45) is 3.17. The van der Waals surface area contributed by atoms with E-state index in [1.54, 1.807) is 0 Å². The topological polar surface area (TPSA) is 35.5 Å². The van der Waals surface area contributed by atoms with Gasteiger partial charge in [0.05, 0.1) is 6.54 Å². The molecule has 3 unspecified atom stereocenters. The van der Waals surface area contributed by atoms with E-state index in [0.717, 1.165) is 38.3 Å². The number of nitrogens with one attached hydrogen (secondary N) is 1.